The minimum Gasteiger partial charge on any atom is -0.369 e. The predicted octanol–water partition coefficient (Wildman–Crippen LogP) is 3.90. The van der Waals surface area contributed by atoms with Crippen molar-refractivity contribution < 1.29 is 8.78 Å². The predicted molar refractivity (Wildman–Crippen MR) is 113 cm³/mol. The SMILES string of the molecule is CN(C)CCCNc1nc(CN(C)Cc2c(F)cccc2F)nc2ccccc12. The second kappa shape index (κ2) is 9.71. The van der Waals surface area contributed by atoms with Crippen molar-refractivity contribution in [3.63, 3.8) is 0 Å². The van der Waals surface area contributed by atoms with Crippen molar-refractivity contribution >= 4 is 16.7 Å². The molecule has 0 aliphatic heterocycles. The fourth-order valence-electron chi connectivity index (χ4n) is 3.18. The number of rotatable bonds is 9. The van der Waals surface area contributed by atoms with Crippen LogP contribution in [-0.4, -0.2) is 54.0 Å². The first-order valence-corrected chi connectivity index (χ1v) is 9.69. The van der Waals surface area contributed by atoms with Crippen LogP contribution >= 0.6 is 0 Å². The van der Waals surface area contributed by atoms with E-state index in [0.717, 1.165) is 36.2 Å². The largest absolute Gasteiger partial charge is 0.369 e. The topological polar surface area (TPSA) is 44.3 Å². The van der Waals surface area contributed by atoms with Crippen LogP contribution in [0.5, 0.6) is 0 Å². The normalized spacial score (nSPS) is 11.6. The summed E-state index contributed by atoms with van der Waals surface area (Å²) in [4.78, 5) is 13.3. The van der Waals surface area contributed by atoms with E-state index in [1.54, 1.807) is 11.9 Å². The van der Waals surface area contributed by atoms with E-state index in [2.05, 4.69) is 20.2 Å². The number of nitrogens with one attached hydrogen (secondary N) is 1. The molecule has 154 valence electrons. The molecular formula is C22H27F2N5. The molecule has 0 aliphatic carbocycles. The van der Waals surface area contributed by atoms with Gasteiger partial charge < -0.3 is 10.2 Å². The van der Waals surface area contributed by atoms with Gasteiger partial charge in [0.05, 0.1) is 12.1 Å². The van der Waals surface area contributed by atoms with Crippen molar-refractivity contribution in [3.8, 4) is 0 Å². The van der Waals surface area contributed by atoms with E-state index in [0.29, 0.717) is 12.4 Å². The molecule has 0 amide bonds. The van der Waals surface area contributed by atoms with Crippen molar-refractivity contribution in [2.24, 2.45) is 0 Å². The number of para-hydroxylation sites is 1. The summed E-state index contributed by atoms with van der Waals surface area (Å²) in [5, 5.41) is 4.37. The molecule has 2 aromatic carbocycles. The summed E-state index contributed by atoms with van der Waals surface area (Å²) in [7, 11) is 5.90. The third-order valence-corrected chi connectivity index (χ3v) is 4.63. The van der Waals surface area contributed by atoms with Gasteiger partial charge in [0.1, 0.15) is 23.3 Å². The Morgan fingerprint density at radius 1 is 0.897 bits per heavy atom. The maximum atomic E-state index is 13.9. The second-order valence-electron chi connectivity index (χ2n) is 7.46. The lowest BCUT2D eigenvalue weighted by molar-refractivity contribution is 0.300. The number of nitrogens with zero attached hydrogens (tertiary/aromatic N) is 4. The Balaban J connectivity index is 1.76. The molecule has 7 heteroatoms. The zero-order valence-corrected chi connectivity index (χ0v) is 17.1. The van der Waals surface area contributed by atoms with Gasteiger partial charge in [-0.15, -0.1) is 0 Å². The van der Waals surface area contributed by atoms with Crippen LogP contribution in [0.15, 0.2) is 42.5 Å². The lowest BCUT2D eigenvalue weighted by atomic mass is 10.2. The Bertz CT molecular complexity index is 941. The Labute approximate surface area is 170 Å². The van der Waals surface area contributed by atoms with Gasteiger partial charge in [-0.25, -0.2) is 18.7 Å². The number of hydrogen-bond donors (Lipinski definition) is 1. The zero-order valence-electron chi connectivity index (χ0n) is 17.1. The van der Waals surface area contributed by atoms with Gasteiger partial charge in [-0.05, 0) is 58.4 Å². The number of anilines is 1. The van der Waals surface area contributed by atoms with Gasteiger partial charge >= 0.3 is 0 Å². The Morgan fingerprint density at radius 2 is 1.62 bits per heavy atom. The van der Waals surface area contributed by atoms with Crippen LogP contribution in [0.1, 0.15) is 17.8 Å². The molecule has 0 atom stereocenters. The lowest BCUT2D eigenvalue weighted by Crippen LogP contribution is -2.21. The van der Waals surface area contributed by atoms with Crippen LogP contribution in [0.2, 0.25) is 0 Å². The minimum atomic E-state index is -0.542. The molecule has 3 rings (SSSR count). The molecule has 3 aromatic rings. The Kier molecular flexibility index (Phi) is 7.06. The monoisotopic (exact) mass is 399 g/mol. The average molecular weight is 399 g/mol. The Morgan fingerprint density at radius 3 is 2.34 bits per heavy atom. The molecule has 0 fully saturated rings. The molecule has 5 nitrogen and oxygen atoms in total. The number of hydrogen-bond acceptors (Lipinski definition) is 5. The van der Waals surface area contributed by atoms with Crippen LogP contribution in [0.3, 0.4) is 0 Å². The van der Waals surface area contributed by atoms with E-state index in [1.807, 2.05) is 38.4 Å². The van der Waals surface area contributed by atoms with Gasteiger partial charge in [0.2, 0.25) is 0 Å². The summed E-state index contributed by atoms with van der Waals surface area (Å²) in [5.74, 6) is 0.312. The van der Waals surface area contributed by atoms with Crippen molar-refractivity contribution in [1.29, 1.82) is 0 Å². The molecule has 0 spiro atoms. The molecule has 29 heavy (non-hydrogen) atoms. The number of aromatic nitrogens is 2. The summed E-state index contributed by atoms with van der Waals surface area (Å²) in [6.45, 7) is 2.31. The summed E-state index contributed by atoms with van der Waals surface area (Å²) < 4.78 is 27.9. The minimum absolute atomic E-state index is 0.0535. The zero-order chi connectivity index (χ0) is 20.8. The maximum Gasteiger partial charge on any atom is 0.145 e. The third-order valence-electron chi connectivity index (χ3n) is 4.63. The highest BCUT2D eigenvalue weighted by molar-refractivity contribution is 5.88. The molecule has 0 aliphatic rings. The van der Waals surface area contributed by atoms with Gasteiger partial charge in [-0.3, -0.25) is 4.90 Å². The highest BCUT2D eigenvalue weighted by atomic mass is 19.1. The van der Waals surface area contributed by atoms with Crippen LogP contribution < -0.4 is 5.32 Å². The lowest BCUT2D eigenvalue weighted by Gasteiger charge is -2.18. The van der Waals surface area contributed by atoms with E-state index < -0.39 is 11.6 Å². The van der Waals surface area contributed by atoms with Crippen molar-refractivity contribution in [3.05, 3.63) is 65.5 Å². The van der Waals surface area contributed by atoms with Gasteiger partial charge in [0, 0.05) is 24.0 Å². The second-order valence-corrected chi connectivity index (χ2v) is 7.46. The van der Waals surface area contributed by atoms with Crippen molar-refractivity contribution in [1.82, 2.24) is 19.8 Å². The first kappa shape index (κ1) is 21.1. The van der Waals surface area contributed by atoms with Gasteiger partial charge in [-0.1, -0.05) is 18.2 Å². The first-order valence-electron chi connectivity index (χ1n) is 9.69. The van der Waals surface area contributed by atoms with Crippen LogP contribution in [-0.2, 0) is 13.1 Å². The van der Waals surface area contributed by atoms with E-state index >= 15 is 0 Å². The average Bonchev–Trinajstić information content (AvgIpc) is 2.68. The van der Waals surface area contributed by atoms with Crippen LogP contribution in [0, 0.1) is 11.6 Å². The van der Waals surface area contributed by atoms with Gasteiger partial charge in [-0.2, -0.15) is 0 Å². The van der Waals surface area contributed by atoms with E-state index in [1.165, 1.54) is 18.2 Å². The standard InChI is InChI=1S/C22H27F2N5/c1-28(2)13-7-12-25-22-16-8-4-5-11-20(16)26-21(27-22)15-29(3)14-17-18(23)9-6-10-19(17)24/h4-6,8-11H,7,12-15H2,1-3H3,(H,25,26,27). The van der Waals surface area contributed by atoms with Crippen molar-refractivity contribution in [2.45, 2.75) is 19.5 Å². The Hall–Kier alpha value is -2.64. The summed E-state index contributed by atoms with van der Waals surface area (Å²) in [6, 6.07) is 11.8. The molecule has 1 heterocycles. The molecule has 1 N–H and O–H groups in total. The quantitative estimate of drug-likeness (QED) is 0.553. The number of fused-ring (bicyclic) bond motifs is 1. The number of benzene rings is 2. The fraction of sp³-hybridized carbons (Fsp3) is 0.364. The fourth-order valence-corrected chi connectivity index (χ4v) is 3.18. The van der Waals surface area contributed by atoms with Gasteiger partial charge in [0.15, 0.2) is 0 Å². The first-order chi connectivity index (χ1) is 13.9. The number of halogens is 2. The maximum absolute atomic E-state index is 13.9. The van der Waals surface area contributed by atoms with Crippen molar-refractivity contribution in [2.75, 3.05) is 39.5 Å². The van der Waals surface area contributed by atoms with E-state index in [9.17, 15) is 8.78 Å². The summed E-state index contributed by atoms with van der Waals surface area (Å²) in [6.07, 6.45) is 0.993. The molecule has 0 saturated heterocycles. The van der Waals surface area contributed by atoms with E-state index in [4.69, 9.17) is 0 Å². The highest BCUT2D eigenvalue weighted by Crippen LogP contribution is 2.21. The smallest absolute Gasteiger partial charge is 0.145 e. The molecule has 0 bridgehead atoms. The third kappa shape index (κ3) is 5.68. The summed E-state index contributed by atoms with van der Waals surface area (Å²) in [5.41, 5.74) is 0.899. The molecule has 0 saturated carbocycles. The molecular weight excluding hydrogens is 372 g/mol. The summed E-state index contributed by atoms with van der Waals surface area (Å²) >= 11 is 0. The van der Waals surface area contributed by atoms with Gasteiger partial charge in [0.25, 0.3) is 0 Å². The molecule has 0 radical (unpaired) electrons. The van der Waals surface area contributed by atoms with E-state index in [-0.39, 0.29) is 12.1 Å². The highest BCUT2D eigenvalue weighted by Gasteiger charge is 2.14. The van der Waals surface area contributed by atoms with Crippen LogP contribution in [0.4, 0.5) is 14.6 Å². The van der Waals surface area contributed by atoms with Crippen LogP contribution in [0.25, 0.3) is 10.9 Å². The molecule has 1 aromatic heterocycles. The molecule has 0 unspecified atom stereocenters.